The van der Waals surface area contributed by atoms with E-state index in [0.29, 0.717) is 6.54 Å². The maximum Gasteiger partial charge on any atom is 0.227 e. The van der Waals surface area contributed by atoms with E-state index in [1.165, 1.54) is 0 Å². The van der Waals surface area contributed by atoms with Gasteiger partial charge >= 0.3 is 0 Å². The van der Waals surface area contributed by atoms with E-state index in [2.05, 4.69) is 10.4 Å². The van der Waals surface area contributed by atoms with Crippen LogP contribution in [0.2, 0.25) is 0 Å². The van der Waals surface area contributed by atoms with Crippen molar-refractivity contribution in [1.82, 2.24) is 15.1 Å². The van der Waals surface area contributed by atoms with Crippen molar-refractivity contribution in [3.8, 4) is 0 Å². The Hall–Kier alpha value is -1.36. The Balaban J connectivity index is 2.02. The molecule has 1 saturated carbocycles. The Morgan fingerprint density at radius 3 is 2.78 bits per heavy atom. The van der Waals surface area contributed by atoms with Crippen LogP contribution in [0.1, 0.15) is 44.2 Å². The summed E-state index contributed by atoms with van der Waals surface area (Å²) in [5, 5.41) is 7.19. The molecular weight excluding hydrogens is 228 g/mol. The van der Waals surface area contributed by atoms with Crippen molar-refractivity contribution in [2.24, 2.45) is 18.2 Å². The highest BCUT2D eigenvalue weighted by Crippen LogP contribution is 2.37. The second kappa shape index (κ2) is 5.10. The molecule has 18 heavy (non-hydrogen) atoms. The van der Waals surface area contributed by atoms with Crippen molar-refractivity contribution in [3.63, 3.8) is 0 Å². The Morgan fingerprint density at radius 2 is 2.28 bits per heavy atom. The van der Waals surface area contributed by atoms with Crippen LogP contribution >= 0.6 is 0 Å². The Morgan fingerprint density at radius 1 is 1.61 bits per heavy atom. The number of aryl methyl sites for hydroxylation is 1. The molecule has 1 heterocycles. The molecule has 5 nitrogen and oxygen atoms in total. The Bertz CT molecular complexity index is 420. The van der Waals surface area contributed by atoms with E-state index in [4.69, 9.17) is 5.73 Å². The number of aromatic nitrogens is 2. The van der Waals surface area contributed by atoms with Crippen LogP contribution in [0.3, 0.4) is 0 Å². The van der Waals surface area contributed by atoms with Gasteiger partial charge in [0.2, 0.25) is 5.91 Å². The molecule has 0 radical (unpaired) electrons. The number of nitrogens with two attached hydrogens (primary N) is 1. The number of carbonyl (C=O) groups is 1. The first-order chi connectivity index (χ1) is 8.57. The summed E-state index contributed by atoms with van der Waals surface area (Å²) in [5.74, 6) is 0.0962. The molecule has 0 spiro atoms. The van der Waals surface area contributed by atoms with Crippen molar-refractivity contribution < 1.29 is 4.79 Å². The molecule has 1 aromatic rings. The van der Waals surface area contributed by atoms with Crippen LogP contribution < -0.4 is 11.1 Å². The fraction of sp³-hybridized carbons (Fsp3) is 0.692. The van der Waals surface area contributed by atoms with Gasteiger partial charge in [-0.15, -0.1) is 0 Å². The Labute approximate surface area is 108 Å². The number of rotatable bonds is 4. The van der Waals surface area contributed by atoms with Crippen molar-refractivity contribution in [2.45, 2.75) is 38.6 Å². The van der Waals surface area contributed by atoms with E-state index in [-0.39, 0.29) is 17.4 Å². The zero-order valence-corrected chi connectivity index (χ0v) is 11.1. The van der Waals surface area contributed by atoms with Crippen molar-refractivity contribution in [2.75, 3.05) is 6.54 Å². The fourth-order valence-corrected chi connectivity index (χ4v) is 2.67. The van der Waals surface area contributed by atoms with E-state index < -0.39 is 0 Å². The van der Waals surface area contributed by atoms with Crippen molar-refractivity contribution >= 4 is 5.91 Å². The average molecular weight is 250 g/mol. The van der Waals surface area contributed by atoms with Gasteiger partial charge in [-0.25, -0.2) is 0 Å². The van der Waals surface area contributed by atoms with Crippen LogP contribution in [0.25, 0.3) is 0 Å². The molecule has 1 aliphatic carbocycles. The molecule has 0 aliphatic heterocycles. The van der Waals surface area contributed by atoms with E-state index in [1.807, 2.05) is 20.2 Å². The summed E-state index contributed by atoms with van der Waals surface area (Å²) < 4.78 is 1.74. The van der Waals surface area contributed by atoms with Crippen LogP contribution in [0, 0.1) is 5.41 Å². The van der Waals surface area contributed by atoms with E-state index in [1.54, 1.807) is 10.9 Å². The normalized spacial score (nSPS) is 19.7. The van der Waals surface area contributed by atoms with Crippen LogP contribution in [0.15, 0.2) is 12.4 Å². The number of nitrogens with zero attached hydrogens (tertiary/aromatic N) is 2. The second-order valence-corrected chi connectivity index (χ2v) is 5.33. The van der Waals surface area contributed by atoms with Gasteiger partial charge in [0.05, 0.1) is 17.7 Å². The molecule has 1 aliphatic rings. The highest BCUT2D eigenvalue weighted by molar-refractivity contribution is 5.83. The summed E-state index contributed by atoms with van der Waals surface area (Å²) in [7, 11) is 1.87. The molecule has 0 bridgehead atoms. The highest BCUT2D eigenvalue weighted by Gasteiger charge is 2.40. The largest absolute Gasteiger partial charge is 0.349 e. The lowest BCUT2D eigenvalue weighted by molar-refractivity contribution is -0.131. The zero-order chi connectivity index (χ0) is 13.2. The fourth-order valence-electron chi connectivity index (χ4n) is 2.67. The first-order valence-electron chi connectivity index (χ1n) is 6.57. The predicted molar refractivity (Wildman–Crippen MR) is 69.7 cm³/mol. The number of amides is 1. The van der Waals surface area contributed by atoms with Crippen LogP contribution in [0.4, 0.5) is 0 Å². The minimum atomic E-state index is -0.337. The SMILES string of the molecule is CC(NC(=O)C1(CN)CCCC1)c1cnn(C)c1. The molecule has 1 unspecified atom stereocenters. The molecule has 0 aromatic carbocycles. The first-order valence-corrected chi connectivity index (χ1v) is 6.57. The number of hydrogen-bond donors (Lipinski definition) is 2. The lowest BCUT2D eigenvalue weighted by Gasteiger charge is -2.27. The summed E-state index contributed by atoms with van der Waals surface area (Å²) in [6.07, 6.45) is 7.74. The van der Waals surface area contributed by atoms with Gasteiger partial charge in [0.1, 0.15) is 0 Å². The monoisotopic (exact) mass is 250 g/mol. The number of carbonyl (C=O) groups excluding carboxylic acids is 1. The van der Waals surface area contributed by atoms with Gasteiger partial charge in [0.15, 0.2) is 0 Å². The third-order valence-electron chi connectivity index (χ3n) is 4.01. The average Bonchev–Trinajstić information content (AvgIpc) is 2.97. The standard InChI is InChI=1S/C13H22N4O/c1-10(11-7-15-17(2)8-11)16-12(18)13(9-14)5-3-4-6-13/h7-8,10H,3-6,9,14H2,1-2H3,(H,16,18). The topological polar surface area (TPSA) is 72.9 Å². The molecule has 3 N–H and O–H groups in total. The van der Waals surface area contributed by atoms with E-state index in [0.717, 1.165) is 31.2 Å². The van der Waals surface area contributed by atoms with Gasteiger partial charge < -0.3 is 11.1 Å². The van der Waals surface area contributed by atoms with Crippen molar-refractivity contribution in [1.29, 1.82) is 0 Å². The molecule has 1 fully saturated rings. The third kappa shape index (κ3) is 2.41. The predicted octanol–water partition coefficient (Wildman–Crippen LogP) is 1.12. The molecule has 1 aromatic heterocycles. The van der Waals surface area contributed by atoms with Crippen molar-refractivity contribution in [3.05, 3.63) is 18.0 Å². The maximum absolute atomic E-state index is 12.4. The molecule has 1 atom stereocenters. The van der Waals surface area contributed by atoms with E-state index >= 15 is 0 Å². The Kier molecular flexibility index (Phi) is 3.71. The third-order valence-corrected chi connectivity index (χ3v) is 4.01. The zero-order valence-electron chi connectivity index (χ0n) is 11.1. The minimum absolute atomic E-state index is 0.0183. The molecule has 5 heteroatoms. The van der Waals surface area contributed by atoms with Crippen LogP contribution in [-0.4, -0.2) is 22.2 Å². The second-order valence-electron chi connectivity index (χ2n) is 5.33. The van der Waals surface area contributed by atoms with Gasteiger partial charge in [0, 0.05) is 25.4 Å². The van der Waals surface area contributed by atoms with Crippen LogP contribution in [-0.2, 0) is 11.8 Å². The molecule has 100 valence electrons. The molecule has 0 saturated heterocycles. The smallest absolute Gasteiger partial charge is 0.227 e. The highest BCUT2D eigenvalue weighted by atomic mass is 16.2. The number of hydrogen-bond acceptors (Lipinski definition) is 3. The number of nitrogens with one attached hydrogen (secondary N) is 1. The van der Waals surface area contributed by atoms with Gasteiger partial charge in [0.25, 0.3) is 0 Å². The quantitative estimate of drug-likeness (QED) is 0.841. The molecule has 1 amide bonds. The van der Waals surface area contributed by atoms with Gasteiger partial charge in [-0.05, 0) is 19.8 Å². The summed E-state index contributed by atoms with van der Waals surface area (Å²) in [5.41, 5.74) is 6.50. The lowest BCUT2D eigenvalue weighted by Crippen LogP contribution is -2.44. The maximum atomic E-state index is 12.4. The minimum Gasteiger partial charge on any atom is -0.349 e. The molecule has 2 rings (SSSR count). The summed E-state index contributed by atoms with van der Waals surface area (Å²) in [4.78, 5) is 12.4. The van der Waals surface area contributed by atoms with Crippen LogP contribution in [0.5, 0.6) is 0 Å². The van der Waals surface area contributed by atoms with Gasteiger partial charge in [-0.2, -0.15) is 5.10 Å². The summed E-state index contributed by atoms with van der Waals surface area (Å²) in [6, 6.07) is -0.0183. The van der Waals surface area contributed by atoms with Gasteiger partial charge in [-0.1, -0.05) is 12.8 Å². The summed E-state index contributed by atoms with van der Waals surface area (Å²) in [6.45, 7) is 2.42. The lowest BCUT2D eigenvalue weighted by atomic mass is 9.85. The molecular formula is C13H22N4O. The van der Waals surface area contributed by atoms with Gasteiger partial charge in [-0.3, -0.25) is 9.48 Å². The van der Waals surface area contributed by atoms with E-state index in [9.17, 15) is 4.79 Å². The first kappa shape index (κ1) is 13.1. The summed E-state index contributed by atoms with van der Waals surface area (Å²) >= 11 is 0.